The van der Waals surface area contributed by atoms with Crippen molar-refractivity contribution >= 4 is 11.6 Å². The van der Waals surface area contributed by atoms with Crippen molar-refractivity contribution in [1.29, 1.82) is 0 Å². The van der Waals surface area contributed by atoms with Gasteiger partial charge in [0.2, 0.25) is 5.91 Å². The van der Waals surface area contributed by atoms with Crippen molar-refractivity contribution in [3.63, 3.8) is 0 Å². The van der Waals surface area contributed by atoms with E-state index in [0.29, 0.717) is 0 Å². The van der Waals surface area contributed by atoms with Crippen molar-refractivity contribution in [2.45, 2.75) is 38.1 Å². The summed E-state index contributed by atoms with van der Waals surface area (Å²) in [7, 11) is 1.72. The summed E-state index contributed by atoms with van der Waals surface area (Å²) in [5.41, 5.74) is 7.89. The molecule has 0 bridgehead atoms. The van der Waals surface area contributed by atoms with Gasteiger partial charge in [-0.15, -0.1) is 0 Å². The van der Waals surface area contributed by atoms with Gasteiger partial charge in [-0.1, -0.05) is 18.6 Å². The van der Waals surface area contributed by atoms with Gasteiger partial charge in [0.1, 0.15) is 0 Å². The fraction of sp³-hybridized carbons (Fsp3) is 0.562. The SMILES string of the molecule is CNC(=O)C1CCCCN1CCCc1cccc(N)c1. The van der Waals surface area contributed by atoms with Crippen LogP contribution in [0.2, 0.25) is 0 Å². The van der Waals surface area contributed by atoms with E-state index in [2.05, 4.69) is 16.3 Å². The van der Waals surface area contributed by atoms with Crippen LogP contribution >= 0.6 is 0 Å². The van der Waals surface area contributed by atoms with Crippen LogP contribution in [0.4, 0.5) is 5.69 Å². The van der Waals surface area contributed by atoms with E-state index in [1.807, 2.05) is 18.2 Å². The minimum Gasteiger partial charge on any atom is -0.399 e. The lowest BCUT2D eigenvalue weighted by Crippen LogP contribution is -2.48. The predicted molar refractivity (Wildman–Crippen MR) is 82.5 cm³/mol. The molecule has 0 aromatic heterocycles. The Balaban J connectivity index is 1.84. The lowest BCUT2D eigenvalue weighted by molar-refractivity contribution is -0.127. The molecule has 1 aliphatic heterocycles. The fourth-order valence-electron chi connectivity index (χ4n) is 2.96. The minimum atomic E-state index is 0.0644. The highest BCUT2D eigenvalue weighted by Gasteiger charge is 2.27. The molecule has 1 aromatic carbocycles. The second kappa shape index (κ2) is 7.29. The van der Waals surface area contributed by atoms with Crippen molar-refractivity contribution in [1.82, 2.24) is 10.2 Å². The highest BCUT2D eigenvalue weighted by atomic mass is 16.2. The van der Waals surface area contributed by atoms with E-state index < -0.39 is 0 Å². The van der Waals surface area contributed by atoms with E-state index in [9.17, 15) is 4.79 Å². The number of nitrogens with zero attached hydrogens (tertiary/aromatic N) is 1. The van der Waals surface area contributed by atoms with Gasteiger partial charge in [0.15, 0.2) is 0 Å². The molecule has 4 nitrogen and oxygen atoms in total. The summed E-state index contributed by atoms with van der Waals surface area (Å²) in [6.45, 7) is 2.02. The second-order valence-corrected chi connectivity index (χ2v) is 5.51. The minimum absolute atomic E-state index is 0.0644. The molecule has 1 atom stereocenters. The molecule has 1 fully saturated rings. The van der Waals surface area contributed by atoms with Crippen LogP contribution in [0.5, 0.6) is 0 Å². The summed E-state index contributed by atoms with van der Waals surface area (Å²) < 4.78 is 0. The number of nitrogen functional groups attached to an aromatic ring is 1. The monoisotopic (exact) mass is 275 g/mol. The van der Waals surface area contributed by atoms with E-state index in [1.165, 1.54) is 12.0 Å². The topological polar surface area (TPSA) is 58.4 Å². The molecule has 3 N–H and O–H groups in total. The fourth-order valence-corrected chi connectivity index (χ4v) is 2.96. The number of likely N-dealkylation sites (N-methyl/N-ethyl adjacent to an activating group) is 1. The van der Waals surface area contributed by atoms with Gasteiger partial charge in [-0.05, 0) is 56.5 Å². The number of hydrogen-bond donors (Lipinski definition) is 2. The Bertz CT molecular complexity index is 447. The van der Waals surface area contributed by atoms with Gasteiger partial charge >= 0.3 is 0 Å². The zero-order valence-electron chi connectivity index (χ0n) is 12.3. The molecule has 0 spiro atoms. The lowest BCUT2D eigenvalue weighted by Gasteiger charge is -2.34. The Morgan fingerprint density at radius 3 is 3.05 bits per heavy atom. The molecule has 1 saturated heterocycles. The zero-order valence-corrected chi connectivity index (χ0v) is 12.3. The highest BCUT2D eigenvalue weighted by molar-refractivity contribution is 5.81. The lowest BCUT2D eigenvalue weighted by atomic mass is 10.0. The number of rotatable bonds is 5. The third-order valence-corrected chi connectivity index (χ3v) is 4.02. The quantitative estimate of drug-likeness (QED) is 0.806. The van der Waals surface area contributed by atoms with E-state index in [-0.39, 0.29) is 11.9 Å². The molecule has 1 unspecified atom stereocenters. The summed E-state index contributed by atoms with van der Waals surface area (Å²) in [6.07, 6.45) is 5.42. The number of nitrogens with two attached hydrogens (primary N) is 1. The summed E-state index contributed by atoms with van der Waals surface area (Å²) >= 11 is 0. The van der Waals surface area contributed by atoms with Crippen LogP contribution in [-0.4, -0.2) is 37.0 Å². The van der Waals surface area contributed by atoms with Crippen molar-refractivity contribution in [3.8, 4) is 0 Å². The summed E-state index contributed by atoms with van der Waals surface area (Å²) in [4.78, 5) is 14.2. The Morgan fingerprint density at radius 1 is 1.45 bits per heavy atom. The third kappa shape index (κ3) is 3.97. The third-order valence-electron chi connectivity index (χ3n) is 4.02. The van der Waals surface area contributed by atoms with E-state index in [1.54, 1.807) is 7.05 Å². The van der Waals surface area contributed by atoms with Gasteiger partial charge in [-0.3, -0.25) is 9.69 Å². The van der Waals surface area contributed by atoms with Crippen molar-refractivity contribution in [3.05, 3.63) is 29.8 Å². The van der Waals surface area contributed by atoms with Crippen molar-refractivity contribution in [2.24, 2.45) is 0 Å². The summed E-state index contributed by atoms with van der Waals surface area (Å²) in [5, 5.41) is 2.78. The molecule has 1 heterocycles. The molecule has 1 amide bonds. The van der Waals surface area contributed by atoms with Crippen LogP contribution in [0.15, 0.2) is 24.3 Å². The molecule has 0 radical (unpaired) electrons. The van der Waals surface area contributed by atoms with Crippen LogP contribution in [0.1, 0.15) is 31.2 Å². The largest absolute Gasteiger partial charge is 0.399 e. The zero-order chi connectivity index (χ0) is 14.4. The van der Waals surface area contributed by atoms with Crippen LogP contribution in [-0.2, 0) is 11.2 Å². The normalized spacial score (nSPS) is 19.8. The molecule has 1 aromatic rings. The number of amides is 1. The molecule has 2 rings (SSSR count). The maximum absolute atomic E-state index is 11.9. The number of carbonyl (C=O) groups is 1. The molecule has 0 saturated carbocycles. The van der Waals surface area contributed by atoms with Gasteiger partial charge in [-0.2, -0.15) is 0 Å². The molecule has 0 aliphatic carbocycles. The first kappa shape index (κ1) is 14.9. The first-order chi connectivity index (χ1) is 9.70. The maximum Gasteiger partial charge on any atom is 0.237 e. The molecular formula is C16H25N3O. The van der Waals surface area contributed by atoms with Crippen LogP contribution in [0, 0.1) is 0 Å². The Kier molecular flexibility index (Phi) is 5.41. The second-order valence-electron chi connectivity index (χ2n) is 5.51. The van der Waals surface area contributed by atoms with Gasteiger partial charge in [0, 0.05) is 12.7 Å². The Labute approximate surface area is 121 Å². The number of benzene rings is 1. The Hall–Kier alpha value is -1.55. The average Bonchev–Trinajstić information content (AvgIpc) is 2.47. The molecule has 110 valence electrons. The Morgan fingerprint density at radius 2 is 2.30 bits per heavy atom. The van der Waals surface area contributed by atoms with Gasteiger partial charge in [0.25, 0.3) is 0 Å². The summed E-state index contributed by atoms with van der Waals surface area (Å²) in [5.74, 6) is 0.161. The van der Waals surface area contributed by atoms with Crippen molar-refractivity contribution in [2.75, 3.05) is 25.9 Å². The van der Waals surface area contributed by atoms with Crippen molar-refractivity contribution < 1.29 is 4.79 Å². The number of piperidine rings is 1. The van der Waals surface area contributed by atoms with Crippen LogP contribution in [0.3, 0.4) is 0 Å². The standard InChI is InChI=1S/C16H25N3O/c1-18-16(20)15-9-2-3-10-19(15)11-5-7-13-6-4-8-14(17)12-13/h4,6,8,12,15H,2-3,5,7,9-11,17H2,1H3,(H,18,20). The van der Waals surface area contributed by atoms with Gasteiger partial charge in [0.05, 0.1) is 6.04 Å². The first-order valence-electron chi connectivity index (χ1n) is 7.51. The molecule has 4 heteroatoms. The number of aryl methyl sites for hydroxylation is 1. The van der Waals surface area contributed by atoms with Gasteiger partial charge in [-0.25, -0.2) is 0 Å². The number of carbonyl (C=O) groups excluding carboxylic acids is 1. The molecule has 1 aliphatic rings. The predicted octanol–water partition coefficient (Wildman–Crippen LogP) is 1.80. The number of nitrogens with one attached hydrogen (secondary N) is 1. The number of anilines is 1. The smallest absolute Gasteiger partial charge is 0.237 e. The van der Waals surface area contributed by atoms with Crippen LogP contribution in [0.25, 0.3) is 0 Å². The number of hydrogen-bond acceptors (Lipinski definition) is 3. The first-order valence-corrected chi connectivity index (χ1v) is 7.51. The van der Waals surface area contributed by atoms with Gasteiger partial charge < -0.3 is 11.1 Å². The highest BCUT2D eigenvalue weighted by Crippen LogP contribution is 2.18. The molecular weight excluding hydrogens is 250 g/mol. The average molecular weight is 275 g/mol. The van der Waals surface area contributed by atoms with E-state index in [0.717, 1.165) is 44.5 Å². The van der Waals surface area contributed by atoms with E-state index >= 15 is 0 Å². The summed E-state index contributed by atoms with van der Waals surface area (Å²) in [6, 6.07) is 8.12. The van der Waals surface area contributed by atoms with E-state index in [4.69, 9.17) is 5.73 Å². The van der Waals surface area contributed by atoms with Crippen LogP contribution < -0.4 is 11.1 Å². The molecule has 20 heavy (non-hydrogen) atoms. The number of likely N-dealkylation sites (tertiary alicyclic amines) is 1. The maximum atomic E-state index is 11.9.